The number of aliphatic carboxylic acids is 1. The summed E-state index contributed by atoms with van der Waals surface area (Å²) in [5.41, 5.74) is 4.40. The van der Waals surface area contributed by atoms with Gasteiger partial charge in [0.15, 0.2) is 0 Å². The average molecular weight is 497 g/mol. The number of carbonyl (C=O) groups is 3. The average Bonchev–Trinajstić information content (AvgIpc) is 3.10. The van der Waals surface area contributed by atoms with E-state index in [0.717, 1.165) is 34.0 Å². The zero-order chi connectivity index (χ0) is 24.7. The van der Waals surface area contributed by atoms with Gasteiger partial charge in [0.05, 0.1) is 12.2 Å². The highest BCUT2D eigenvalue weighted by molar-refractivity contribution is 7.99. The van der Waals surface area contributed by atoms with E-state index in [1.165, 1.54) is 0 Å². The third kappa shape index (κ3) is 6.89. The quantitative estimate of drug-likeness (QED) is 0.433. The second-order valence-electron chi connectivity index (χ2n) is 7.58. The first kappa shape index (κ1) is 25.4. The summed E-state index contributed by atoms with van der Waals surface area (Å²) < 4.78 is 42.5. The Hall–Kier alpha value is -3.21. The molecule has 2 aromatic rings. The Morgan fingerprint density at radius 3 is 2.18 bits per heavy atom. The van der Waals surface area contributed by atoms with Crippen molar-refractivity contribution in [2.75, 3.05) is 24.7 Å². The number of hydrogen-bond donors (Lipinski definition) is 3. The number of carboxylic acids is 1. The Morgan fingerprint density at radius 2 is 1.62 bits per heavy atom. The van der Waals surface area contributed by atoms with Gasteiger partial charge in [0.25, 0.3) is 0 Å². The Kier molecular flexibility index (Phi) is 8.43. The molecular formula is C23H23F3N2O5S. The molecule has 0 bridgehead atoms. The van der Waals surface area contributed by atoms with Crippen LogP contribution in [0.15, 0.2) is 48.5 Å². The van der Waals surface area contributed by atoms with Crippen LogP contribution in [0.1, 0.15) is 23.5 Å². The number of fused-ring (bicyclic) bond motifs is 3. The highest BCUT2D eigenvalue weighted by atomic mass is 32.2. The molecular weight excluding hydrogens is 473 g/mol. The van der Waals surface area contributed by atoms with Gasteiger partial charge in [0.2, 0.25) is 5.91 Å². The smallest absolute Gasteiger partial charge is 0.407 e. The van der Waals surface area contributed by atoms with E-state index in [4.69, 9.17) is 9.84 Å². The minimum absolute atomic E-state index is 0.0740. The summed E-state index contributed by atoms with van der Waals surface area (Å²) in [5.74, 6) is -2.62. The third-order valence-electron chi connectivity index (χ3n) is 5.16. The van der Waals surface area contributed by atoms with Gasteiger partial charge in [0.1, 0.15) is 12.6 Å². The number of thioether (sulfide) groups is 1. The lowest BCUT2D eigenvalue weighted by atomic mass is 9.98. The minimum atomic E-state index is -4.71. The fourth-order valence-electron chi connectivity index (χ4n) is 3.71. The number of nitrogens with one attached hydrogen (secondary N) is 2. The van der Waals surface area contributed by atoms with Gasteiger partial charge in [0, 0.05) is 18.2 Å². The summed E-state index contributed by atoms with van der Waals surface area (Å²) in [7, 11) is 0. The summed E-state index contributed by atoms with van der Waals surface area (Å²) in [4.78, 5) is 34.7. The molecule has 0 spiro atoms. The Bertz CT molecular complexity index is 1000. The van der Waals surface area contributed by atoms with E-state index in [9.17, 15) is 27.6 Å². The molecule has 2 aromatic carbocycles. The van der Waals surface area contributed by atoms with Gasteiger partial charge in [-0.15, -0.1) is 0 Å². The number of amides is 2. The Balaban J connectivity index is 1.37. The largest absolute Gasteiger partial charge is 0.480 e. The molecule has 1 atom stereocenters. The maximum absolute atomic E-state index is 12.4. The highest BCUT2D eigenvalue weighted by Crippen LogP contribution is 2.44. The van der Waals surface area contributed by atoms with Gasteiger partial charge >= 0.3 is 18.2 Å². The molecule has 1 unspecified atom stereocenters. The SMILES string of the molecule is O=C(CSCCNC(=O)OCC1c2ccccc2-c2ccccc21)NC(CC(F)(F)F)C(=O)O. The molecule has 0 heterocycles. The molecule has 182 valence electrons. The lowest BCUT2D eigenvalue weighted by Gasteiger charge is -2.16. The molecule has 0 saturated heterocycles. The van der Waals surface area contributed by atoms with E-state index >= 15 is 0 Å². The standard InChI is InChI=1S/C23H23F3N2O5S/c24-23(25,26)11-19(21(30)31)28-20(29)13-34-10-9-27-22(32)33-12-18-16-7-3-1-5-14(16)15-6-2-4-8-17(15)18/h1-8,18-19H,9-13H2,(H,27,32)(H,28,29)(H,30,31). The van der Waals surface area contributed by atoms with Crippen molar-refractivity contribution in [3.8, 4) is 11.1 Å². The van der Waals surface area contributed by atoms with Crippen LogP contribution in [-0.2, 0) is 14.3 Å². The summed E-state index contributed by atoms with van der Waals surface area (Å²) in [6.07, 6.45) is -6.98. The number of carboxylic acid groups (broad SMARTS) is 1. The van der Waals surface area contributed by atoms with Crippen LogP contribution in [0.3, 0.4) is 0 Å². The number of alkyl carbamates (subject to hydrolysis) is 1. The van der Waals surface area contributed by atoms with Crippen LogP contribution in [0, 0.1) is 0 Å². The summed E-state index contributed by atoms with van der Waals surface area (Å²) in [6.45, 7) is 0.324. The second-order valence-corrected chi connectivity index (χ2v) is 8.69. The van der Waals surface area contributed by atoms with Crippen LogP contribution in [0.5, 0.6) is 0 Å². The molecule has 0 fully saturated rings. The van der Waals surface area contributed by atoms with Crippen molar-refractivity contribution in [1.82, 2.24) is 10.6 Å². The number of halogens is 3. The highest BCUT2D eigenvalue weighted by Gasteiger charge is 2.36. The monoisotopic (exact) mass is 496 g/mol. The van der Waals surface area contributed by atoms with Gasteiger partial charge in [-0.3, -0.25) is 4.79 Å². The van der Waals surface area contributed by atoms with Crippen LogP contribution in [-0.4, -0.2) is 60.0 Å². The van der Waals surface area contributed by atoms with E-state index in [2.05, 4.69) is 5.32 Å². The topological polar surface area (TPSA) is 105 Å². The number of hydrogen-bond acceptors (Lipinski definition) is 5. The number of alkyl halides is 3. The van der Waals surface area contributed by atoms with Crippen LogP contribution >= 0.6 is 11.8 Å². The van der Waals surface area contributed by atoms with Crippen LogP contribution < -0.4 is 10.6 Å². The zero-order valence-corrected chi connectivity index (χ0v) is 18.7. The van der Waals surface area contributed by atoms with Crippen LogP contribution in [0.25, 0.3) is 11.1 Å². The molecule has 2 amide bonds. The number of rotatable bonds is 10. The molecule has 0 saturated carbocycles. The van der Waals surface area contributed by atoms with Crippen molar-refractivity contribution < 1.29 is 37.4 Å². The molecule has 0 aliphatic heterocycles. The van der Waals surface area contributed by atoms with Crippen molar-refractivity contribution in [3.05, 3.63) is 59.7 Å². The van der Waals surface area contributed by atoms with E-state index in [-0.39, 0.29) is 30.6 Å². The van der Waals surface area contributed by atoms with Crippen LogP contribution in [0.4, 0.5) is 18.0 Å². The molecule has 3 rings (SSSR count). The van der Waals surface area contributed by atoms with Gasteiger partial charge in [-0.1, -0.05) is 48.5 Å². The van der Waals surface area contributed by atoms with Crippen molar-refractivity contribution >= 4 is 29.7 Å². The van der Waals surface area contributed by atoms with E-state index < -0.39 is 36.6 Å². The van der Waals surface area contributed by atoms with E-state index in [1.807, 2.05) is 53.8 Å². The predicted molar refractivity (Wildman–Crippen MR) is 121 cm³/mol. The third-order valence-corrected chi connectivity index (χ3v) is 6.12. The van der Waals surface area contributed by atoms with Gasteiger partial charge in [-0.2, -0.15) is 24.9 Å². The molecule has 1 aliphatic rings. The predicted octanol–water partition coefficient (Wildman–Crippen LogP) is 3.78. The maximum atomic E-state index is 12.4. The molecule has 11 heteroatoms. The lowest BCUT2D eigenvalue weighted by Crippen LogP contribution is -2.44. The molecule has 0 aromatic heterocycles. The van der Waals surface area contributed by atoms with Crippen molar-refractivity contribution in [2.45, 2.75) is 24.6 Å². The summed E-state index contributed by atoms with van der Waals surface area (Å²) >= 11 is 1.04. The normalized spacial score (nSPS) is 13.5. The van der Waals surface area contributed by atoms with Crippen molar-refractivity contribution in [2.24, 2.45) is 0 Å². The molecule has 34 heavy (non-hydrogen) atoms. The Labute approximate surface area is 198 Å². The zero-order valence-electron chi connectivity index (χ0n) is 17.9. The number of carbonyl (C=O) groups excluding carboxylic acids is 2. The van der Waals surface area contributed by atoms with E-state index in [1.54, 1.807) is 0 Å². The second kappa shape index (κ2) is 11.3. The van der Waals surface area contributed by atoms with E-state index in [0.29, 0.717) is 0 Å². The first-order valence-electron chi connectivity index (χ1n) is 10.4. The summed E-state index contributed by atoms with van der Waals surface area (Å²) in [6, 6.07) is 13.8. The van der Waals surface area contributed by atoms with Crippen molar-refractivity contribution in [1.29, 1.82) is 0 Å². The fraction of sp³-hybridized carbons (Fsp3) is 0.348. The molecule has 0 radical (unpaired) electrons. The number of benzene rings is 2. The molecule has 7 nitrogen and oxygen atoms in total. The fourth-order valence-corrected chi connectivity index (χ4v) is 4.37. The minimum Gasteiger partial charge on any atom is -0.480 e. The number of ether oxygens (including phenoxy) is 1. The van der Waals surface area contributed by atoms with Crippen molar-refractivity contribution in [3.63, 3.8) is 0 Å². The first-order chi connectivity index (χ1) is 16.2. The Morgan fingerprint density at radius 1 is 1.03 bits per heavy atom. The van der Waals surface area contributed by atoms with Gasteiger partial charge < -0.3 is 20.5 Å². The van der Waals surface area contributed by atoms with Crippen LogP contribution in [0.2, 0.25) is 0 Å². The molecule has 3 N–H and O–H groups in total. The first-order valence-corrected chi connectivity index (χ1v) is 11.6. The summed E-state index contributed by atoms with van der Waals surface area (Å²) in [5, 5.41) is 13.2. The van der Waals surface area contributed by atoms with Gasteiger partial charge in [-0.05, 0) is 22.3 Å². The van der Waals surface area contributed by atoms with Gasteiger partial charge in [-0.25, -0.2) is 9.59 Å². The lowest BCUT2D eigenvalue weighted by molar-refractivity contribution is -0.159. The maximum Gasteiger partial charge on any atom is 0.407 e. The molecule has 1 aliphatic carbocycles.